The molecule has 5 heteroatoms. The minimum absolute atomic E-state index is 0.259. The first kappa shape index (κ1) is 15.1. The molecule has 1 aliphatic rings. The number of carbonyl (C=O) groups is 1. The van der Waals surface area contributed by atoms with Crippen molar-refractivity contribution in [3.63, 3.8) is 0 Å². The highest BCUT2D eigenvalue weighted by Gasteiger charge is 2.20. The lowest BCUT2D eigenvalue weighted by Gasteiger charge is -2.36. The predicted octanol–water partition coefficient (Wildman–Crippen LogP) is 2.12. The van der Waals surface area contributed by atoms with Crippen molar-refractivity contribution >= 4 is 23.2 Å². The third kappa shape index (κ3) is 4.12. The third-order valence-corrected chi connectivity index (χ3v) is 3.92. The van der Waals surface area contributed by atoms with Crippen LogP contribution >= 0.6 is 11.6 Å². The van der Waals surface area contributed by atoms with Gasteiger partial charge in [0.1, 0.15) is 0 Å². The Hall–Kier alpha value is -1.26. The number of hydrogen-bond acceptors (Lipinski definition) is 3. The zero-order chi connectivity index (χ0) is 14.4. The van der Waals surface area contributed by atoms with Crippen LogP contribution < -0.4 is 10.6 Å². The molecule has 110 valence electrons. The Kier molecular flexibility index (Phi) is 5.68. The number of benzene rings is 1. The fourth-order valence-electron chi connectivity index (χ4n) is 2.44. The van der Waals surface area contributed by atoms with E-state index in [0.717, 1.165) is 44.0 Å². The molecule has 20 heavy (non-hydrogen) atoms. The molecule has 1 aliphatic heterocycles. The number of halogens is 1. The standard InChI is InChI=1S/C15H22ClN3O/c16-13-4-6-14(7-5-13)18-9-11-19(12-10-18)15(20)3-1-2-8-17/h4-7H,1-3,8-12,17H2. The zero-order valence-electron chi connectivity index (χ0n) is 11.7. The fraction of sp³-hybridized carbons (Fsp3) is 0.533. The lowest BCUT2D eigenvalue weighted by molar-refractivity contribution is -0.131. The fourth-order valence-corrected chi connectivity index (χ4v) is 2.57. The molecule has 2 rings (SSSR count). The van der Waals surface area contributed by atoms with Gasteiger partial charge in [-0.2, -0.15) is 0 Å². The van der Waals surface area contributed by atoms with Crippen LogP contribution in [0.15, 0.2) is 24.3 Å². The quantitative estimate of drug-likeness (QED) is 0.847. The van der Waals surface area contributed by atoms with E-state index in [9.17, 15) is 4.79 Å². The SMILES string of the molecule is NCCCCC(=O)N1CCN(c2ccc(Cl)cc2)CC1. The number of hydrogen-bond donors (Lipinski definition) is 1. The predicted molar refractivity (Wildman–Crippen MR) is 83.2 cm³/mol. The molecular formula is C15H22ClN3O. The zero-order valence-corrected chi connectivity index (χ0v) is 12.5. The van der Waals surface area contributed by atoms with E-state index in [1.54, 1.807) is 0 Å². The van der Waals surface area contributed by atoms with Crippen LogP contribution in [0, 0.1) is 0 Å². The number of amides is 1. The Morgan fingerprint density at radius 3 is 2.35 bits per heavy atom. The van der Waals surface area contributed by atoms with Gasteiger partial charge in [-0.3, -0.25) is 4.79 Å². The van der Waals surface area contributed by atoms with Crippen molar-refractivity contribution in [2.24, 2.45) is 5.73 Å². The van der Waals surface area contributed by atoms with E-state index in [0.29, 0.717) is 13.0 Å². The van der Waals surface area contributed by atoms with E-state index in [-0.39, 0.29) is 5.91 Å². The highest BCUT2D eigenvalue weighted by Crippen LogP contribution is 2.19. The summed E-state index contributed by atoms with van der Waals surface area (Å²) in [6.07, 6.45) is 2.45. The molecule has 2 N–H and O–H groups in total. The number of nitrogens with two attached hydrogens (primary N) is 1. The second kappa shape index (κ2) is 7.50. The second-order valence-electron chi connectivity index (χ2n) is 5.09. The molecule has 0 aromatic heterocycles. The number of carbonyl (C=O) groups excluding carboxylic acids is 1. The molecule has 0 unspecified atom stereocenters. The summed E-state index contributed by atoms with van der Waals surface area (Å²) in [6.45, 7) is 4.01. The summed E-state index contributed by atoms with van der Waals surface area (Å²) in [4.78, 5) is 16.3. The van der Waals surface area contributed by atoms with Crippen molar-refractivity contribution in [3.05, 3.63) is 29.3 Å². The molecule has 1 aromatic carbocycles. The molecule has 0 spiro atoms. The smallest absolute Gasteiger partial charge is 0.222 e. The largest absolute Gasteiger partial charge is 0.368 e. The molecule has 0 aliphatic carbocycles. The summed E-state index contributed by atoms with van der Waals surface area (Å²) in [5, 5.41) is 0.752. The summed E-state index contributed by atoms with van der Waals surface area (Å²) >= 11 is 5.90. The average Bonchev–Trinajstić information content (AvgIpc) is 2.48. The highest BCUT2D eigenvalue weighted by molar-refractivity contribution is 6.30. The maximum atomic E-state index is 12.0. The average molecular weight is 296 g/mol. The Morgan fingerprint density at radius 1 is 1.10 bits per heavy atom. The van der Waals surface area contributed by atoms with Gasteiger partial charge in [0, 0.05) is 43.3 Å². The van der Waals surface area contributed by atoms with Gasteiger partial charge in [-0.1, -0.05) is 11.6 Å². The molecular weight excluding hydrogens is 274 g/mol. The van der Waals surface area contributed by atoms with Gasteiger partial charge in [-0.05, 0) is 43.7 Å². The first-order valence-electron chi connectivity index (χ1n) is 7.19. The van der Waals surface area contributed by atoms with E-state index >= 15 is 0 Å². The van der Waals surface area contributed by atoms with E-state index in [1.807, 2.05) is 29.2 Å². The number of anilines is 1. The van der Waals surface area contributed by atoms with Crippen LogP contribution in [0.4, 0.5) is 5.69 Å². The van der Waals surface area contributed by atoms with Gasteiger partial charge in [-0.15, -0.1) is 0 Å². The molecule has 0 radical (unpaired) electrons. The Labute approximate surface area is 125 Å². The van der Waals surface area contributed by atoms with Gasteiger partial charge >= 0.3 is 0 Å². The van der Waals surface area contributed by atoms with Crippen molar-refractivity contribution in [2.75, 3.05) is 37.6 Å². The Balaban J connectivity index is 1.80. The second-order valence-corrected chi connectivity index (χ2v) is 5.53. The van der Waals surface area contributed by atoms with Crippen LogP contribution in [0.2, 0.25) is 5.02 Å². The number of unbranched alkanes of at least 4 members (excludes halogenated alkanes) is 1. The summed E-state index contributed by atoms with van der Waals surface area (Å²) < 4.78 is 0. The van der Waals surface area contributed by atoms with Crippen LogP contribution in [0.3, 0.4) is 0 Å². The van der Waals surface area contributed by atoms with Crippen LogP contribution in [0.5, 0.6) is 0 Å². The maximum Gasteiger partial charge on any atom is 0.222 e. The van der Waals surface area contributed by atoms with E-state index in [4.69, 9.17) is 17.3 Å². The van der Waals surface area contributed by atoms with E-state index < -0.39 is 0 Å². The normalized spacial score (nSPS) is 15.5. The number of nitrogens with zero attached hydrogens (tertiary/aromatic N) is 2. The summed E-state index contributed by atoms with van der Waals surface area (Å²) in [5.41, 5.74) is 6.62. The minimum atomic E-state index is 0.259. The van der Waals surface area contributed by atoms with Crippen LogP contribution in [0.25, 0.3) is 0 Å². The van der Waals surface area contributed by atoms with Crippen LogP contribution in [0.1, 0.15) is 19.3 Å². The lowest BCUT2D eigenvalue weighted by Crippen LogP contribution is -2.48. The minimum Gasteiger partial charge on any atom is -0.368 e. The van der Waals surface area contributed by atoms with Gasteiger partial charge in [0.25, 0.3) is 0 Å². The monoisotopic (exact) mass is 295 g/mol. The molecule has 1 saturated heterocycles. The van der Waals surface area contributed by atoms with Gasteiger partial charge < -0.3 is 15.5 Å². The number of rotatable bonds is 5. The number of piperazine rings is 1. The van der Waals surface area contributed by atoms with Gasteiger partial charge in [0.2, 0.25) is 5.91 Å². The van der Waals surface area contributed by atoms with Crippen molar-refractivity contribution in [3.8, 4) is 0 Å². The van der Waals surface area contributed by atoms with Crippen LogP contribution in [-0.4, -0.2) is 43.5 Å². The van der Waals surface area contributed by atoms with Crippen molar-refractivity contribution in [2.45, 2.75) is 19.3 Å². The van der Waals surface area contributed by atoms with Crippen molar-refractivity contribution in [1.82, 2.24) is 4.90 Å². The van der Waals surface area contributed by atoms with E-state index in [1.165, 1.54) is 5.69 Å². The Morgan fingerprint density at radius 2 is 1.75 bits per heavy atom. The molecule has 1 aromatic rings. The summed E-state index contributed by atoms with van der Waals surface area (Å²) in [7, 11) is 0. The van der Waals surface area contributed by atoms with Gasteiger partial charge in [0.05, 0.1) is 0 Å². The molecule has 1 fully saturated rings. The van der Waals surface area contributed by atoms with Gasteiger partial charge in [0.15, 0.2) is 0 Å². The molecule has 1 amide bonds. The first-order chi connectivity index (χ1) is 9.70. The first-order valence-corrected chi connectivity index (χ1v) is 7.57. The Bertz CT molecular complexity index is 427. The van der Waals surface area contributed by atoms with Crippen molar-refractivity contribution < 1.29 is 4.79 Å². The highest BCUT2D eigenvalue weighted by atomic mass is 35.5. The van der Waals surface area contributed by atoms with Crippen LogP contribution in [-0.2, 0) is 4.79 Å². The molecule has 4 nitrogen and oxygen atoms in total. The molecule has 0 bridgehead atoms. The molecule has 0 saturated carbocycles. The van der Waals surface area contributed by atoms with Gasteiger partial charge in [-0.25, -0.2) is 0 Å². The molecule has 1 heterocycles. The molecule has 0 atom stereocenters. The maximum absolute atomic E-state index is 12.0. The van der Waals surface area contributed by atoms with E-state index in [2.05, 4.69) is 4.90 Å². The van der Waals surface area contributed by atoms with Crippen molar-refractivity contribution in [1.29, 1.82) is 0 Å². The topological polar surface area (TPSA) is 49.6 Å². The summed E-state index contributed by atoms with van der Waals surface area (Å²) in [5.74, 6) is 0.259. The summed E-state index contributed by atoms with van der Waals surface area (Å²) in [6, 6.07) is 7.87. The lowest BCUT2D eigenvalue weighted by atomic mass is 10.2. The third-order valence-electron chi connectivity index (χ3n) is 3.67.